The molecule has 0 spiro atoms. The molecule has 0 bridgehead atoms. The van der Waals surface area contributed by atoms with Crippen LogP contribution in [0.4, 0.5) is 4.39 Å². The van der Waals surface area contributed by atoms with Crippen molar-refractivity contribution in [2.24, 2.45) is 0 Å². The number of rotatable bonds is 10. The average molecular weight is 345 g/mol. The molecule has 1 aliphatic heterocycles. The summed E-state index contributed by atoms with van der Waals surface area (Å²) >= 11 is 0. The maximum Gasteiger partial charge on any atom is 0.158 e. The second-order valence-electron chi connectivity index (χ2n) is 5.13. The number of methoxy groups -OCH3 is 1. The van der Waals surface area contributed by atoms with Crippen molar-refractivity contribution in [2.75, 3.05) is 20.3 Å². The van der Waals surface area contributed by atoms with Gasteiger partial charge in [0.2, 0.25) is 0 Å². The molecule has 1 aromatic carbocycles. The van der Waals surface area contributed by atoms with Gasteiger partial charge in [-0.05, 0) is 24.1 Å². The van der Waals surface area contributed by atoms with E-state index in [1.807, 2.05) is 31.2 Å². The van der Waals surface area contributed by atoms with Crippen molar-refractivity contribution >= 4 is 9.03 Å². The largest absolute Gasteiger partial charge is 0.497 e. The number of halogens is 1. The molecule has 1 aromatic rings. The molecule has 1 saturated heterocycles. The second-order valence-corrected chi connectivity index (χ2v) is 5.82. The van der Waals surface area contributed by atoms with Crippen LogP contribution in [0.25, 0.3) is 0 Å². The lowest BCUT2D eigenvalue weighted by Crippen LogP contribution is -2.32. The van der Waals surface area contributed by atoms with Gasteiger partial charge >= 0.3 is 0 Å². The lowest BCUT2D eigenvalue weighted by molar-refractivity contribution is -0.0148. The van der Waals surface area contributed by atoms with Crippen LogP contribution in [-0.2, 0) is 25.1 Å². The van der Waals surface area contributed by atoms with E-state index in [4.69, 9.17) is 23.3 Å². The zero-order valence-corrected chi connectivity index (χ0v) is 14.4. The molecular weight excluding hydrogens is 322 g/mol. The van der Waals surface area contributed by atoms with Crippen LogP contribution >= 0.6 is 9.03 Å². The van der Waals surface area contributed by atoms with E-state index < -0.39 is 18.4 Å². The second kappa shape index (κ2) is 10.2. The molecule has 2 rings (SSSR count). The third-order valence-corrected chi connectivity index (χ3v) is 4.01. The Hall–Kier alpha value is -0.780. The van der Waals surface area contributed by atoms with Crippen molar-refractivity contribution in [3.05, 3.63) is 36.4 Å². The molecule has 129 valence electrons. The Kier molecular flexibility index (Phi) is 8.20. The fourth-order valence-corrected chi connectivity index (χ4v) is 2.81. The normalized spacial score (nSPS) is 24.6. The number of hydrogen-bond donors (Lipinski definition) is 0. The molecule has 2 unspecified atom stereocenters. The third-order valence-electron chi connectivity index (χ3n) is 3.32. The van der Waals surface area contributed by atoms with Gasteiger partial charge in [0.15, 0.2) is 15.2 Å². The van der Waals surface area contributed by atoms with Gasteiger partial charge in [-0.2, -0.15) is 0 Å². The Bertz CT molecular complexity index is 445. The van der Waals surface area contributed by atoms with Crippen LogP contribution in [0.5, 0.6) is 5.75 Å². The first-order valence-electron chi connectivity index (χ1n) is 7.60. The van der Waals surface area contributed by atoms with Crippen molar-refractivity contribution in [1.82, 2.24) is 0 Å². The van der Waals surface area contributed by atoms with Gasteiger partial charge in [-0.3, -0.25) is 0 Å². The van der Waals surface area contributed by atoms with Gasteiger partial charge < -0.3 is 23.3 Å². The smallest absolute Gasteiger partial charge is 0.158 e. The van der Waals surface area contributed by atoms with Gasteiger partial charge in [-0.15, -0.1) is 0 Å². The summed E-state index contributed by atoms with van der Waals surface area (Å²) in [6.45, 7) is 4.44. The maximum atomic E-state index is 13.8. The standard InChI is InChI=1S/C16H23FO5P/c1-3-8-21-23-22-16-14(17)10-20-15(16)11-19-9-12-4-6-13(18-2)7-5-12/h4-7,10,14-16,23H,3,8-9,11H2,1-2H3/t14?,15-,16-/m1/s1. The lowest BCUT2D eigenvalue weighted by Gasteiger charge is -2.19. The molecule has 0 aliphatic carbocycles. The molecule has 0 saturated carbocycles. The summed E-state index contributed by atoms with van der Waals surface area (Å²) in [5.41, 5.74) is 1.01. The molecule has 1 radical (unpaired) electrons. The van der Waals surface area contributed by atoms with Gasteiger partial charge in [0.25, 0.3) is 0 Å². The molecule has 23 heavy (non-hydrogen) atoms. The fraction of sp³-hybridized carbons (Fsp3) is 0.562. The summed E-state index contributed by atoms with van der Waals surface area (Å²) in [5.74, 6) is 0.796. The summed E-state index contributed by atoms with van der Waals surface area (Å²) in [6, 6.07) is 7.58. The summed E-state index contributed by atoms with van der Waals surface area (Å²) in [5, 5.41) is 0. The molecule has 1 aliphatic rings. The van der Waals surface area contributed by atoms with Crippen LogP contribution in [0.2, 0.25) is 0 Å². The van der Waals surface area contributed by atoms with Crippen LogP contribution in [0, 0.1) is 6.61 Å². The van der Waals surface area contributed by atoms with Crippen molar-refractivity contribution in [2.45, 2.75) is 38.3 Å². The number of ether oxygens (including phenoxy) is 3. The molecule has 4 atom stereocenters. The SMILES string of the molecule is CCCOPO[C@@H]1C(F)[CH]O[C@@H]1COCc1ccc(OC)cc1. The predicted molar refractivity (Wildman–Crippen MR) is 86.2 cm³/mol. The predicted octanol–water partition coefficient (Wildman–Crippen LogP) is 3.43. The number of hydrogen-bond acceptors (Lipinski definition) is 5. The molecule has 5 nitrogen and oxygen atoms in total. The Balaban J connectivity index is 1.72. The Morgan fingerprint density at radius 1 is 1.26 bits per heavy atom. The van der Waals surface area contributed by atoms with Gasteiger partial charge in [0, 0.05) is 0 Å². The van der Waals surface area contributed by atoms with Crippen LogP contribution < -0.4 is 4.74 Å². The fourth-order valence-electron chi connectivity index (χ4n) is 2.06. The third kappa shape index (κ3) is 5.98. The highest BCUT2D eigenvalue weighted by Crippen LogP contribution is 2.30. The molecule has 1 fully saturated rings. The molecule has 0 N–H and O–H groups in total. The van der Waals surface area contributed by atoms with Crippen LogP contribution in [0.3, 0.4) is 0 Å². The highest BCUT2D eigenvalue weighted by atomic mass is 31.1. The minimum absolute atomic E-state index is 0.188. The van der Waals surface area contributed by atoms with Gasteiger partial charge in [0.05, 0.1) is 26.9 Å². The first-order valence-corrected chi connectivity index (χ1v) is 8.42. The zero-order chi connectivity index (χ0) is 16.5. The lowest BCUT2D eigenvalue weighted by atomic mass is 10.2. The first kappa shape index (κ1) is 18.6. The summed E-state index contributed by atoms with van der Waals surface area (Å²) in [4.78, 5) is 0. The summed E-state index contributed by atoms with van der Waals surface area (Å²) in [7, 11) is 1.43. The van der Waals surface area contributed by atoms with Gasteiger partial charge in [-0.1, -0.05) is 19.1 Å². The first-order chi connectivity index (χ1) is 11.2. The van der Waals surface area contributed by atoms with Crippen molar-refractivity contribution < 1.29 is 27.6 Å². The van der Waals surface area contributed by atoms with E-state index in [0.717, 1.165) is 24.3 Å². The van der Waals surface area contributed by atoms with E-state index in [2.05, 4.69) is 0 Å². The molecule has 1 heterocycles. The number of alkyl halides is 1. The monoisotopic (exact) mass is 345 g/mol. The maximum absolute atomic E-state index is 13.8. The highest BCUT2D eigenvalue weighted by Gasteiger charge is 2.39. The Morgan fingerprint density at radius 3 is 2.74 bits per heavy atom. The Morgan fingerprint density at radius 2 is 2.04 bits per heavy atom. The average Bonchev–Trinajstić information content (AvgIpc) is 2.92. The number of benzene rings is 1. The van der Waals surface area contributed by atoms with E-state index in [9.17, 15) is 4.39 Å². The van der Waals surface area contributed by atoms with Crippen LogP contribution in [0.1, 0.15) is 18.9 Å². The zero-order valence-electron chi connectivity index (χ0n) is 13.4. The minimum Gasteiger partial charge on any atom is -0.497 e. The van der Waals surface area contributed by atoms with Gasteiger partial charge in [-0.25, -0.2) is 4.39 Å². The summed E-state index contributed by atoms with van der Waals surface area (Å²) < 4.78 is 40.5. The quantitative estimate of drug-likeness (QED) is 0.480. The van der Waals surface area contributed by atoms with Crippen molar-refractivity contribution in [3.8, 4) is 5.75 Å². The molecule has 0 amide bonds. The van der Waals surface area contributed by atoms with E-state index in [-0.39, 0.29) is 15.6 Å². The van der Waals surface area contributed by atoms with E-state index >= 15 is 0 Å². The molecule has 7 heteroatoms. The van der Waals surface area contributed by atoms with Crippen LogP contribution in [-0.4, -0.2) is 38.7 Å². The van der Waals surface area contributed by atoms with E-state index in [1.165, 1.54) is 0 Å². The molecule has 0 aromatic heterocycles. The topological polar surface area (TPSA) is 46.2 Å². The summed E-state index contributed by atoms with van der Waals surface area (Å²) in [6.07, 6.45) is -1.50. The van der Waals surface area contributed by atoms with Crippen molar-refractivity contribution in [1.29, 1.82) is 0 Å². The highest BCUT2D eigenvalue weighted by molar-refractivity contribution is 7.26. The van der Waals surface area contributed by atoms with E-state index in [1.54, 1.807) is 7.11 Å². The van der Waals surface area contributed by atoms with Crippen molar-refractivity contribution in [3.63, 3.8) is 0 Å². The molecular formula is C16H23FO5P. The van der Waals surface area contributed by atoms with E-state index in [0.29, 0.717) is 13.2 Å². The minimum atomic E-state index is -1.26. The van der Waals surface area contributed by atoms with Crippen LogP contribution in [0.15, 0.2) is 24.3 Å². The Labute approximate surface area is 138 Å². The van der Waals surface area contributed by atoms with Gasteiger partial charge in [0.1, 0.15) is 24.6 Å².